The molecule has 0 fully saturated rings. The summed E-state index contributed by atoms with van der Waals surface area (Å²) in [4.78, 5) is 34.6. The second kappa shape index (κ2) is 8.30. The predicted molar refractivity (Wildman–Crippen MR) is 89.2 cm³/mol. The van der Waals surface area contributed by atoms with Crippen molar-refractivity contribution < 1.29 is 14.5 Å². The fraction of sp³-hybridized carbons (Fsp3) is 0.143. The monoisotopic (exact) mass is 351 g/mol. The van der Waals surface area contributed by atoms with E-state index >= 15 is 0 Å². The summed E-state index contributed by atoms with van der Waals surface area (Å²) in [5.41, 5.74) is 4.70. The molecule has 0 aliphatic rings. The molecule has 0 radical (unpaired) electrons. The van der Waals surface area contributed by atoms with E-state index in [0.29, 0.717) is 0 Å². The molecule has 1 aromatic heterocycles. The molecule has 0 atom stereocenters. The molecule has 1 aromatic carbocycles. The maximum Gasteiger partial charge on any atom is 0.269 e. The summed E-state index contributed by atoms with van der Waals surface area (Å²) in [6.07, 6.45) is 0. The van der Waals surface area contributed by atoms with Gasteiger partial charge in [0.05, 0.1) is 10.7 Å². The van der Waals surface area contributed by atoms with Crippen molar-refractivity contribution in [2.24, 2.45) is 0 Å². The number of non-ortho nitro benzene ring substituents is 1. The van der Waals surface area contributed by atoms with Crippen LogP contribution in [0.2, 0.25) is 0 Å². The van der Waals surface area contributed by atoms with Crippen molar-refractivity contribution in [1.29, 1.82) is 0 Å². The summed E-state index contributed by atoms with van der Waals surface area (Å²) in [5, 5.41) is 12.5. The molecular formula is C14H13N3O4S2. The third kappa shape index (κ3) is 5.38. The van der Waals surface area contributed by atoms with Gasteiger partial charge >= 0.3 is 0 Å². The van der Waals surface area contributed by atoms with Crippen molar-refractivity contribution in [1.82, 2.24) is 10.9 Å². The van der Waals surface area contributed by atoms with Crippen molar-refractivity contribution in [3.8, 4) is 0 Å². The van der Waals surface area contributed by atoms with Crippen molar-refractivity contribution in [3.63, 3.8) is 0 Å². The number of hydrogen-bond donors (Lipinski definition) is 2. The molecule has 0 spiro atoms. The number of amides is 2. The Morgan fingerprint density at radius 2 is 1.91 bits per heavy atom. The van der Waals surface area contributed by atoms with E-state index in [9.17, 15) is 19.7 Å². The number of nitrogens with zero attached hydrogens (tertiary/aromatic N) is 1. The quantitative estimate of drug-likeness (QED) is 0.614. The van der Waals surface area contributed by atoms with Crippen molar-refractivity contribution >= 4 is 40.6 Å². The Labute approximate surface area is 140 Å². The zero-order valence-corrected chi connectivity index (χ0v) is 13.5. The van der Waals surface area contributed by atoms with Crippen LogP contribution in [0.3, 0.4) is 0 Å². The number of hydrazine groups is 1. The van der Waals surface area contributed by atoms with Crippen LogP contribution in [0.4, 0.5) is 5.69 Å². The van der Waals surface area contributed by atoms with Gasteiger partial charge in [-0.05, 0) is 23.6 Å². The van der Waals surface area contributed by atoms with Crippen LogP contribution in [0.15, 0.2) is 41.8 Å². The van der Waals surface area contributed by atoms with Gasteiger partial charge in [0.1, 0.15) is 0 Å². The molecule has 2 rings (SSSR count). The third-order valence-corrected chi connectivity index (χ3v) is 4.75. The van der Waals surface area contributed by atoms with Crippen LogP contribution in [0.25, 0.3) is 0 Å². The molecule has 0 saturated carbocycles. The van der Waals surface area contributed by atoms with Gasteiger partial charge in [-0.1, -0.05) is 6.07 Å². The van der Waals surface area contributed by atoms with E-state index in [0.717, 1.165) is 5.75 Å². The first-order valence-corrected chi connectivity index (χ1v) is 8.53. The van der Waals surface area contributed by atoms with Crippen LogP contribution in [0.5, 0.6) is 0 Å². The highest BCUT2D eigenvalue weighted by Crippen LogP contribution is 2.16. The van der Waals surface area contributed by atoms with Crippen molar-refractivity contribution in [2.75, 3.05) is 5.75 Å². The van der Waals surface area contributed by atoms with E-state index in [1.54, 1.807) is 11.3 Å². The molecule has 1 heterocycles. The van der Waals surface area contributed by atoms with E-state index in [2.05, 4.69) is 10.9 Å². The first-order chi connectivity index (χ1) is 11.1. The minimum atomic E-state index is -0.547. The lowest BCUT2D eigenvalue weighted by atomic mass is 10.2. The lowest BCUT2D eigenvalue weighted by Gasteiger charge is -2.07. The van der Waals surface area contributed by atoms with Gasteiger partial charge in [-0.3, -0.25) is 30.6 Å². The Hall–Kier alpha value is -2.39. The average molecular weight is 351 g/mol. The maximum atomic E-state index is 11.8. The molecule has 9 heteroatoms. The number of thioether (sulfide) groups is 1. The summed E-state index contributed by atoms with van der Waals surface area (Å²) in [5.74, 6) is 0.109. The minimum Gasteiger partial charge on any atom is -0.272 e. The van der Waals surface area contributed by atoms with Gasteiger partial charge in [0.2, 0.25) is 5.91 Å². The van der Waals surface area contributed by atoms with E-state index in [1.807, 2.05) is 17.5 Å². The largest absolute Gasteiger partial charge is 0.272 e. The Bertz CT molecular complexity index is 687. The highest BCUT2D eigenvalue weighted by Gasteiger charge is 2.10. The molecule has 23 heavy (non-hydrogen) atoms. The molecule has 0 unspecified atom stereocenters. The second-order valence-corrected chi connectivity index (χ2v) is 6.40. The number of rotatable bonds is 6. The van der Waals surface area contributed by atoms with E-state index in [1.165, 1.54) is 40.9 Å². The predicted octanol–water partition coefficient (Wildman–Crippen LogP) is 2.35. The molecule has 2 N–H and O–H groups in total. The molecule has 2 amide bonds. The second-order valence-electron chi connectivity index (χ2n) is 4.38. The molecule has 0 saturated heterocycles. The summed E-state index contributed by atoms with van der Waals surface area (Å²) in [6.45, 7) is 0. The Morgan fingerprint density at radius 3 is 2.52 bits per heavy atom. The van der Waals surface area contributed by atoms with Crippen LogP contribution >= 0.6 is 23.1 Å². The molecule has 0 aliphatic carbocycles. The molecule has 7 nitrogen and oxygen atoms in total. The van der Waals surface area contributed by atoms with E-state index in [-0.39, 0.29) is 22.9 Å². The van der Waals surface area contributed by atoms with Crippen LogP contribution in [0.1, 0.15) is 15.2 Å². The normalized spacial score (nSPS) is 10.1. The number of benzene rings is 1. The Balaban J connectivity index is 1.72. The summed E-state index contributed by atoms with van der Waals surface area (Å²) in [6, 6.07) is 9.05. The maximum absolute atomic E-state index is 11.8. The number of carbonyl (C=O) groups is 2. The summed E-state index contributed by atoms with van der Waals surface area (Å²) >= 11 is 3.07. The molecule has 120 valence electrons. The van der Waals surface area contributed by atoms with Gasteiger partial charge in [0.15, 0.2) is 0 Å². The van der Waals surface area contributed by atoms with E-state index < -0.39 is 10.8 Å². The standard InChI is InChI=1S/C14H13N3O4S2/c18-13(9-22-8-12-2-1-7-23-12)15-16-14(19)10-3-5-11(6-4-10)17(20)21/h1-7H,8-9H2,(H,15,18)(H,16,19). The average Bonchev–Trinajstić information content (AvgIpc) is 3.06. The minimum absolute atomic E-state index is 0.101. The molecule has 0 aliphatic heterocycles. The molecule has 0 bridgehead atoms. The first kappa shape index (κ1) is 17.0. The topological polar surface area (TPSA) is 101 Å². The number of thiophene rings is 1. The van der Waals surface area contributed by atoms with Gasteiger partial charge in [0.25, 0.3) is 11.6 Å². The van der Waals surface area contributed by atoms with E-state index in [4.69, 9.17) is 0 Å². The lowest BCUT2D eigenvalue weighted by molar-refractivity contribution is -0.384. The van der Waals surface area contributed by atoms with Gasteiger partial charge in [-0.2, -0.15) is 0 Å². The number of nitro groups is 1. The van der Waals surface area contributed by atoms with Crippen LogP contribution in [-0.4, -0.2) is 22.5 Å². The van der Waals surface area contributed by atoms with Crippen LogP contribution in [-0.2, 0) is 10.5 Å². The number of carbonyl (C=O) groups excluding carboxylic acids is 2. The van der Waals surface area contributed by atoms with Crippen molar-refractivity contribution in [3.05, 3.63) is 62.3 Å². The zero-order chi connectivity index (χ0) is 16.7. The SMILES string of the molecule is O=C(CSCc1cccs1)NNC(=O)c1ccc([N+](=O)[O-])cc1. The van der Waals surface area contributed by atoms with Gasteiger partial charge in [-0.15, -0.1) is 23.1 Å². The van der Waals surface area contributed by atoms with Gasteiger partial charge in [-0.25, -0.2) is 0 Å². The third-order valence-electron chi connectivity index (χ3n) is 2.71. The highest BCUT2D eigenvalue weighted by molar-refractivity contribution is 7.99. The first-order valence-electron chi connectivity index (χ1n) is 6.50. The highest BCUT2D eigenvalue weighted by atomic mass is 32.2. The number of nitro benzene ring substituents is 1. The smallest absolute Gasteiger partial charge is 0.269 e. The molecular weight excluding hydrogens is 338 g/mol. The summed E-state index contributed by atoms with van der Waals surface area (Å²) < 4.78 is 0. The van der Waals surface area contributed by atoms with Gasteiger partial charge < -0.3 is 0 Å². The van der Waals surface area contributed by atoms with Gasteiger partial charge in [0, 0.05) is 28.3 Å². The summed E-state index contributed by atoms with van der Waals surface area (Å²) in [7, 11) is 0. The van der Waals surface area contributed by atoms with Crippen LogP contribution < -0.4 is 10.9 Å². The number of nitrogens with one attached hydrogen (secondary N) is 2. The fourth-order valence-electron chi connectivity index (χ4n) is 1.61. The lowest BCUT2D eigenvalue weighted by Crippen LogP contribution is -2.42. The fourth-order valence-corrected chi connectivity index (χ4v) is 3.28. The Morgan fingerprint density at radius 1 is 1.17 bits per heavy atom. The van der Waals surface area contributed by atoms with Crippen molar-refractivity contribution in [2.45, 2.75) is 5.75 Å². The van der Waals surface area contributed by atoms with Crippen LogP contribution in [0, 0.1) is 10.1 Å². The Kier molecular flexibility index (Phi) is 6.12. The number of hydrogen-bond acceptors (Lipinski definition) is 6. The molecule has 2 aromatic rings. The zero-order valence-electron chi connectivity index (χ0n) is 11.9.